The molecule has 1 aliphatic heterocycles. The van der Waals surface area contributed by atoms with Crippen LogP contribution in [0.4, 0.5) is 17.1 Å². The number of allylic oxidation sites excluding steroid dienone is 2. The van der Waals surface area contributed by atoms with E-state index in [2.05, 4.69) is 175 Å². The fraction of sp³-hybridized carbons (Fsp3) is 0.0377. The molecule has 2 aliphatic rings. The van der Waals surface area contributed by atoms with E-state index in [9.17, 15) is 5.26 Å². The van der Waals surface area contributed by atoms with E-state index in [0.29, 0.717) is 5.56 Å². The highest BCUT2D eigenvalue weighted by Gasteiger charge is 2.33. The largest absolute Gasteiger partial charge is 0.484 e. The Bertz CT molecular complexity index is 3110. The first-order valence-corrected chi connectivity index (χ1v) is 19.3. The first kappa shape index (κ1) is 32.8. The van der Waals surface area contributed by atoms with Crippen molar-refractivity contribution in [3.05, 3.63) is 205 Å². The van der Waals surface area contributed by atoms with Crippen LogP contribution in [0.1, 0.15) is 17.0 Å². The summed E-state index contributed by atoms with van der Waals surface area (Å²) < 4.78 is 12.9. The van der Waals surface area contributed by atoms with Gasteiger partial charge in [-0.3, -0.25) is 0 Å². The minimum atomic E-state index is 0.0386. The third-order valence-corrected chi connectivity index (χ3v) is 11.4. The van der Waals surface area contributed by atoms with Crippen molar-refractivity contribution >= 4 is 49.8 Å². The fourth-order valence-corrected chi connectivity index (χ4v) is 8.59. The number of nitrogens with zero attached hydrogens (tertiary/aromatic N) is 2. The predicted octanol–water partition coefficient (Wildman–Crippen LogP) is 14.1. The Labute approximate surface area is 330 Å². The number of anilines is 3. The number of hydrogen-bond donors (Lipinski definition) is 0. The van der Waals surface area contributed by atoms with E-state index in [1.165, 1.54) is 5.56 Å². The van der Waals surface area contributed by atoms with Gasteiger partial charge in [0.05, 0.1) is 11.6 Å². The molecule has 268 valence electrons. The van der Waals surface area contributed by atoms with E-state index in [4.69, 9.17) is 9.15 Å². The molecule has 8 aromatic carbocycles. The van der Waals surface area contributed by atoms with Gasteiger partial charge in [0.2, 0.25) is 0 Å². The molecule has 2 atom stereocenters. The van der Waals surface area contributed by atoms with E-state index >= 15 is 0 Å². The Kier molecular flexibility index (Phi) is 7.65. The van der Waals surface area contributed by atoms with Crippen molar-refractivity contribution in [3.8, 4) is 45.2 Å². The first-order chi connectivity index (χ1) is 28.2. The number of benzene rings is 8. The summed E-state index contributed by atoms with van der Waals surface area (Å²) in [6, 6.07) is 61.9. The van der Waals surface area contributed by atoms with Gasteiger partial charge in [-0.1, -0.05) is 127 Å². The third-order valence-electron chi connectivity index (χ3n) is 11.4. The Hall–Kier alpha value is -7.61. The second kappa shape index (κ2) is 13.3. The van der Waals surface area contributed by atoms with Gasteiger partial charge in [-0.25, -0.2) is 0 Å². The maximum Gasteiger partial charge on any atom is 0.143 e. The molecule has 0 fully saturated rings. The molecule has 0 N–H and O–H groups in total. The SMILES string of the molecule is N#Cc1ccc2cc(-c3ccc(N(c4ccc(-c5cccc6c5OC5C=CC=CC65)cc4)c4ccc(-c5cccc6c5oc5ccccc56)cc4)cc3)ccc2c1. The highest BCUT2D eigenvalue weighted by molar-refractivity contribution is 6.09. The lowest BCUT2D eigenvalue weighted by Gasteiger charge is -2.26. The first-order valence-electron chi connectivity index (χ1n) is 19.3. The predicted molar refractivity (Wildman–Crippen MR) is 232 cm³/mol. The number of hydrogen-bond acceptors (Lipinski definition) is 4. The third kappa shape index (κ3) is 5.60. The van der Waals surface area contributed by atoms with Gasteiger partial charge >= 0.3 is 0 Å². The number of para-hydroxylation sites is 3. The molecule has 4 heteroatoms. The highest BCUT2D eigenvalue weighted by atomic mass is 16.5. The van der Waals surface area contributed by atoms with Gasteiger partial charge in [-0.2, -0.15) is 5.26 Å². The van der Waals surface area contributed by atoms with E-state index in [1.54, 1.807) is 0 Å². The summed E-state index contributed by atoms with van der Waals surface area (Å²) in [4.78, 5) is 2.30. The molecule has 11 rings (SSSR count). The van der Waals surface area contributed by atoms with Crippen molar-refractivity contribution in [3.63, 3.8) is 0 Å². The zero-order valence-corrected chi connectivity index (χ0v) is 30.8. The van der Waals surface area contributed by atoms with Gasteiger partial charge in [0, 0.05) is 50.4 Å². The number of fused-ring (bicyclic) bond motifs is 7. The standard InChI is InChI=1S/C53H34N2O2/c54-33-34-15-16-40-32-39(18-17-38(40)31-34)35-19-25-41(26-20-35)55(42-27-21-36(22-28-42)44-9-5-11-48-46-7-1-3-13-50(46)56-52(44)48)43-29-23-37(24-30-43)45-10-6-12-49-47-8-2-4-14-51(47)57-53(45)49/h1-32,46,50H. The minimum absolute atomic E-state index is 0.0386. The van der Waals surface area contributed by atoms with E-state index in [0.717, 1.165) is 88.9 Å². The van der Waals surface area contributed by atoms with E-state index in [-0.39, 0.29) is 12.0 Å². The maximum atomic E-state index is 9.36. The molecule has 2 heterocycles. The highest BCUT2D eigenvalue weighted by Crippen LogP contribution is 2.47. The van der Waals surface area contributed by atoms with Crippen LogP contribution in [0.5, 0.6) is 5.75 Å². The van der Waals surface area contributed by atoms with Crippen LogP contribution in [-0.2, 0) is 0 Å². The second-order valence-corrected chi connectivity index (χ2v) is 14.7. The van der Waals surface area contributed by atoms with E-state index in [1.807, 2.05) is 30.3 Å². The lowest BCUT2D eigenvalue weighted by atomic mass is 9.90. The van der Waals surface area contributed by atoms with Gasteiger partial charge in [0.1, 0.15) is 23.0 Å². The summed E-state index contributed by atoms with van der Waals surface area (Å²) in [6.07, 6.45) is 8.61. The molecule has 2 unspecified atom stereocenters. The average Bonchev–Trinajstić information content (AvgIpc) is 3.86. The Morgan fingerprint density at radius 1 is 0.509 bits per heavy atom. The van der Waals surface area contributed by atoms with Crippen molar-refractivity contribution in [1.29, 1.82) is 5.26 Å². The maximum absolute atomic E-state index is 9.36. The summed E-state index contributed by atoms with van der Waals surface area (Å²) in [5, 5.41) is 13.8. The van der Waals surface area contributed by atoms with Gasteiger partial charge in [-0.05, 0) is 99.8 Å². The Morgan fingerprint density at radius 2 is 1.12 bits per heavy atom. The zero-order valence-electron chi connectivity index (χ0n) is 30.8. The number of furan rings is 1. The van der Waals surface area contributed by atoms with Crippen molar-refractivity contribution in [2.24, 2.45) is 0 Å². The topological polar surface area (TPSA) is 49.4 Å². The zero-order chi connectivity index (χ0) is 37.9. The van der Waals surface area contributed by atoms with Crippen LogP contribution in [0.2, 0.25) is 0 Å². The monoisotopic (exact) mass is 730 g/mol. The Balaban J connectivity index is 0.972. The molecule has 0 saturated heterocycles. The van der Waals surface area contributed by atoms with Crippen molar-refractivity contribution in [1.82, 2.24) is 0 Å². The van der Waals surface area contributed by atoms with Crippen LogP contribution in [0.25, 0.3) is 66.1 Å². The minimum Gasteiger partial charge on any atom is -0.484 e. The van der Waals surface area contributed by atoms with E-state index < -0.39 is 0 Å². The lowest BCUT2D eigenvalue weighted by Crippen LogP contribution is -2.15. The quantitative estimate of drug-likeness (QED) is 0.171. The molecule has 1 aromatic heterocycles. The second-order valence-electron chi connectivity index (χ2n) is 14.7. The number of nitriles is 1. The van der Waals surface area contributed by atoms with Crippen LogP contribution in [0.3, 0.4) is 0 Å². The smallest absolute Gasteiger partial charge is 0.143 e. The summed E-state index contributed by atoms with van der Waals surface area (Å²) in [7, 11) is 0. The fourth-order valence-electron chi connectivity index (χ4n) is 8.59. The van der Waals surface area contributed by atoms with Gasteiger partial charge in [0.25, 0.3) is 0 Å². The number of ether oxygens (including phenoxy) is 1. The summed E-state index contributed by atoms with van der Waals surface area (Å²) in [5.74, 6) is 1.22. The van der Waals surface area contributed by atoms with Crippen LogP contribution in [-0.4, -0.2) is 6.10 Å². The molecule has 0 bridgehead atoms. The molecule has 0 radical (unpaired) electrons. The van der Waals surface area contributed by atoms with Gasteiger partial charge < -0.3 is 14.1 Å². The van der Waals surface area contributed by atoms with Crippen LogP contribution < -0.4 is 9.64 Å². The molecule has 0 saturated carbocycles. The van der Waals surface area contributed by atoms with Crippen molar-refractivity contribution in [2.45, 2.75) is 12.0 Å². The van der Waals surface area contributed by atoms with Crippen molar-refractivity contribution < 1.29 is 9.15 Å². The normalized spacial score (nSPS) is 15.4. The molecule has 1 aliphatic carbocycles. The molecule has 57 heavy (non-hydrogen) atoms. The molecule has 4 nitrogen and oxygen atoms in total. The molecule has 0 amide bonds. The molecule has 9 aromatic rings. The summed E-state index contributed by atoms with van der Waals surface area (Å²) in [5.41, 5.74) is 13.5. The summed E-state index contributed by atoms with van der Waals surface area (Å²) in [6.45, 7) is 0. The molecular formula is C53H34N2O2. The van der Waals surface area contributed by atoms with Crippen LogP contribution in [0, 0.1) is 11.3 Å². The average molecular weight is 731 g/mol. The Morgan fingerprint density at radius 3 is 1.89 bits per heavy atom. The van der Waals surface area contributed by atoms with Crippen LogP contribution >= 0.6 is 0 Å². The molecular weight excluding hydrogens is 697 g/mol. The van der Waals surface area contributed by atoms with Crippen molar-refractivity contribution in [2.75, 3.05) is 4.90 Å². The van der Waals surface area contributed by atoms with Gasteiger partial charge in [0.15, 0.2) is 0 Å². The van der Waals surface area contributed by atoms with Crippen LogP contribution in [0.15, 0.2) is 199 Å². The lowest BCUT2D eigenvalue weighted by molar-refractivity contribution is 0.270. The van der Waals surface area contributed by atoms with Gasteiger partial charge in [-0.15, -0.1) is 0 Å². The molecule has 0 spiro atoms. The summed E-state index contributed by atoms with van der Waals surface area (Å²) >= 11 is 0. The number of rotatable bonds is 6.